The molecule has 0 aromatic carbocycles. The van der Waals surface area contributed by atoms with Crippen LogP contribution in [0.25, 0.3) is 11.3 Å². The largest absolute Gasteiger partial charge is 0.434 e. The summed E-state index contributed by atoms with van der Waals surface area (Å²) in [5, 5.41) is 0. The van der Waals surface area contributed by atoms with Crippen molar-refractivity contribution in [3.8, 4) is 11.3 Å². The molecule has 0 saturated carbocycles. The van der Waals surface area contributed by atoms with Crippen molar-refractivity contribution in [1.82, 2.24) is 9.97 Å². The van der Waals surface area contributed by atoms with Crippen LogP contribution in [0.3, 0.4) is 0 Å². The normalized spacial score (nSPS) is 12.5. The summed E-state index contributed by atoms with van der Waals surface area (Å²) in [6.45, 7) is 1.63. The molecule has 0 N–H and O–H groups in total. The third kappa shape index (κ3) is 3.32. The number of aromatic nitrogens is 2. The predicted octanol–water partition coefficient (Wildman–Crippen LogP) is 4.49. The van der Waals surface area contributed by atoms with Crippen LogP contribution in [-0.4, -0.2) is 9.97 Å². The Bertz CT molecular complexity index is 660. The Balaban J connectivity index is 2.67. The SMILES string of the molecule is Cc1ccnc(-c2ccc(C(F)(F)F)nc2C(F)(F)F)c1. The summed E-state index contributed by atoms with van der Waals surface area (Å²) in [6.07, 6.45) is -8.68. The Kier molecular flexibility index (Phi) is 3.65. The van der Waals surface area contributed by atoms with Gasteiger partial charge in [-0.1, -0.05) is 0 Å². The molecule has 0 radical (unpaired) electrons. The van der Waals surface area contributed by atoms with E-state index in [1.807, 2.05) is 0 Å². The lowest BCUT2D eigenvalue weighted by molar-refractivity contribution is -0.149. The lowest BCUT2D eigenvalue weighted by Gasteiger charge is -2.14. The van der Waals surface area contributed by atoms with Crippen LogP contribution in [0.15, 0.2) is 30.5 Å². The minimum Gasteiger partial charge on any atom is -0.256 e. The van der Waals surface area contributed by atoms with Crippen LogP contribution in [0.5, 0.6) is 0 Å². The topological polar surface area (TPSA) is 25.8 Å². The van der Waals surface area contributed by atoms with E-state index in [2.05, 4.69) is 9.97 Å². The van der Waals surface area contributed by atoms with E-state index < -0.39 is 29.3 Å². The van der Waals surface area contributed by atoms with Gasteiger partial charge in [0.15, 0.2) is 5.69 Å². The molecule has 0 atom stereocenters. The van der Waals surface area contributed by atoms with Crippen LogP contribution < -0.4 is 0 Å². The molecule has 112 valence electrons. The van der Waals surface area contributed by atoms with Gasteiger partial charge in [0.1, 0.15) is 5.69 Å². The Hall–Kier alpha value is -2.12. The van der Waals surface area contributed by atoms with Crippen LogP contribution in [0.1, 0.15) is 17.0 Å². The van der Waals surface area contributed by atoms with Crippen molar-refractivity contribution >= 4 is 0 Å². The highest BCUT2D eigenvalue weighted by Crippen LogP contribution is 2.38. The fourth-order valence-corrected chi connectivity index (χ4v) is 1.72. The first-order valence-corrected chi connectivity index (χ1v) is 5.67. The zero-order valence-electron chi connectivity index (χ0n) is 10.5. The maximum atomic E-state index is 12.9. The van der Waals surface area contributed by atoms with Gasteiger partial charge in [-0.15, -0.1) is 0 Å². The van der Waals surface area contributed by atoms with Crippen molar-refractivity contribution in [1.29, 1.82) is 0 Å². The fourth-order valence-electron chi connectivity index (χ4n) is 1.72. The van der Waals surface area contributed by atoms with Crippen molar-refractivity contribution in [3.05, 3.63) is 47.4 Å². The standard InChI is InChI=1S/C13H8F6N2/c1-7-4-5-20-9(6-7)8-2-3-10(12(14,15)16)21-11(8)13(17,18)19/h2-6H,1H3. The van der Waals surface area contributed by atoms with Crippen molar-refractivity contribution in [2.75, 3.05) is 0 Å². The van der Waals surface area contributed by atoms with Gasteiger partial charge in [-0.3, -0.25) is 4.98 Å². The fraction of sp³-hybridized carbons (Fsp3) is 0.231. The highest BCUT2D eigenvalue weighted by Gasteiger charge is 2.40. The van der Waals surface area contributed by atoms with E-state index in [1.54, 1.807) is 13.0 Å². The highest BCUT2D eigenvalue weighted by molar-refractivity contribution is 5.63. The van der Waals surface area contributed by atoms with E-state index in [4.69, 9.17) is 0 Å². The number of nitrogens with zero attached hydrogens (tertiary/aromatic N) is 2. The van der Waals surface area contributed by atoms with E-state index >= 15 is 0 Å². The molecule has 0 bridgehead atoms. The van der Waals surface area contributed by atoms with Crippen LogP contribution in [0.4, 0.5) is 26.3 Å². The molecule has 2 aromatic heterocycles. The van der Waals surface area contributed by atoms with Gasteiger partial charge in [-0.25, -0.2) is 4.98 Å². The average Bonchev–Trinajstić information content (AvgIpc) is 2.36. The van der Waals surface area contributed by atoms with Gasteiger partial charge in [0.2, 0.25) is 0 Å². The number of rotatable bonds is 1. The molecule has 2 rings (SSSR count). The molecule has 0 aliphatic rings. The van der Waals surface area contributed by atoms with E-state index in [9.17, 15) is 26.3 Å². The molecule has 21 heavy (non-hydrogen) atoms. The second-order valence-electron chi connectivity index (χ2n) is 4.31. The number of aryl methyl sites for hydroxylation is 1. The Morgan fingerprint density at radius 3 is 2.10 bits per heavy atom. The van der Waals surface area contributed by atoms with Crippen LogP contribution in [0, 0.1) is 6.92 Å². The summed E-state index contributed by atoms with van der Waals surface area (Å²) < 4.78 is 76.4. The molecular weight excluding hydrogens is 298 g/mol. The summed E-state index contributed by atoms with van der Waals surface area (Å²) >= 11 is 0. The quantitative estimate of drug-likeness (QED) is 0.725. The Labute approximate surface area is 115 Å². The molecule has 0 aliphatic carbocycles. The Morgan fingerprint density at radius 1 is 0.905 bits per heavy atom. The lowest BCUT2D eigenvalue weighted by Crippen LogP contribution is -2.16. The van der Waals surface area contributed by atoms with Crippen molar-refractivity contribution in [2.45, 2.75) is 19.3 Å². The maximum Gasteiger partial charge on any atom is 0.434 e. The molecule has 0 amide bonds. The number of pyridine rings is 2. The minimum atomic E-state index is -5.01. The van der Waals surface area contributed by atoms with Crippen molar-refractivity contribution in [2.24, 2.45) is 0 Å². The second-order valence-corrected chi connectivity index (χ2v) is 4.31. The summed E-state index contributed by atoms with van der Waals surface area (Å²) in [5.41, 5.74) is -3.13. The molecule has 2 nitrogen and oxygen atoms in total. The summed E-state index contributed by atoms with van der Waals surface area (Å²) in [6, 6.07) is 4.16. The van der Waals surface area contributed by atoms with Gasteiger partial charge in [0.25, 0.3) is 0 Å². The molecule has 2 heterocycles. The number of alkyl halides is 6. The van der Waals surface area contributed by atoms with Crippen molar-refractivity contribution < 1.29 is 26.3 Å². The molecule has 0 spiro atoms. The summed E-state index contributed by atoms with van der Waals surface area (Å²) in [4.78, 5) is 6.49. The van der Waals surface area contributed by atoms with Gasteiger partial charge in [0.05, 0.1) is 5.69 Å². The van der Waals surface area contributed by atoms with E-state index in [0.717, 1.165) is 6.07 Å². The summed E-state index contributed by atoms with van der Waals surface area (Å²) in [7, 11) is 0. The zero-order valence-corrected chi connectivity index (χ0v) is 10.5. The van der Waals surface area contributed by atoms with Gasteiger partial charge in [-0.05, 0) is 36.8 Å². The second kappa shape index (κ2) is 5.01. The first-order valence-electron chi connectivity index (χ1n) is 5.67. The Morgan fingerprint density at radius 2 is 1.57 bits per heavy atom. The van der Waals surface area contributed by atoms with E-state index in [0.29, 0.717) is 11.6 Å². The highest BCUT2D eigenvalue weighted by atomic mass is 19.4. The first kappa shape index (κ1) is 15.3. The van der Waals surface area contributed by atoms with Gasteiger partial charge in [0, 0.05) is 11.8 Å². The summed E-state index contributed by atoms with van der Waals surface area (Å²) in [5.74, 6) is 0. The van der Waals surface area contributed by atoms with Crippen LogP contribution >= 0.6 is 0 Å². The third-order valence-electron chi connectivity index (χ3n) is 2.65. The first-order chi connectivity index (χ1) is 9.59. The number of halogens is 6. The maximum absolute atomic E-state index is 12.9. The van der Waals surface area contributed by atoms with Crippen molar-refractivity contribution in [3.63, 3.8) is 0 Å². The van der Waals surface area contributed by atoms with Gasteiger partial charge in [-0.2, -0.15) is 26.3 Å². The molecule has 8 heteroatoms. The predicted molar refractivity (Wildman–Crippen MR) is 62.2 cm³/mol. The molecule has 0 aliphatic heterocycles. The van der Waals surface area contributed by atoms with Gasteiger partial charge < -0.3 is 0 Å². The van der Waals surface area contributed by atoms with Crippen LogP contribution in [-0.2, 0) is 12.4 Å². The molecule has 0 unspecified atom stereocenters. The number of hydrogen-bond acceptors (Lipinski definition) is 2. The minimum absolute atomic E-state index is 0.0800. The molecule has 0 saturated heterocycles. The van der Waals surface area contributed by atoms with E-state index in [-0.39, 0.29) is 5.69 Å². The third-order valence-corrected chi connectivity index (χ3v) is 2.65. The molecular formula is C13H8F6N2. The molecule has 2 aromatic rings. The smallest absolute Gasteiger partial charge is 0.256 e. The number of hydrogen-bond donors (Lipinski definition) is 0. The van der Waals surface area contributed by atoms with Gasteiger partial charge >= 0.3 is 12.4 Å². The molecule has 0 fully saturated rings. The zero-order chi connectivity index (χ0) is 15.8. The average molecular weight is 306 g/mol. The monoisotopic (exact) mass is 306 g/mol. The van der Waals surface area contributed by atoms with E-state index in [1.165, 1.54) is 12.3 Å². The lowest BCUT2D eigenvalue weighted by atomic mass is 10.1. The van der Waals surface area contributed by atoms with Crippen LogP contribution in [0.2, 0.25) is 0 Å².